The minimum absolute atomic E-state index is 0.150. The summed E-state index contributed by atoms with van der Waals surface area (Å²) in [4.78, 5) is 36.5. The molecule has 0 aliphatic carbocycles. The van der Waals surface area contributed by atoms with Crippen LogP contribution < -0.4 is 10.7 Å². The van der Waals surface area contributed by atoms with Gasteiger partial charge in [0.05, 0.1) is 28.3 Å². The van der Waals surface area contributed by atoms with Crippen molar-refractivity contribution in [3.05, 3.63) is 49.8 Å². The summed E-state index contributed by atoms with van der Waals surface area (Å²) < 4.78 is 5.02. The molecule has 2 rings (SSSR count). The Morgan fingerprint density at radius 2 is 2.00 bits per heavy atom. The zero-order valence-electron chi connectivity index (χ0n) is 15.3. The third-order valence-corrected chi connectivity index (χ3v) is 5.38. The molecule has 0 aliphatic heterocycles. The number of ether oxygens (including phenoxy) is 1. The first-order valence-electron chi connectivity index (χ1n) is 8.11. The van der Waals surface area contributed by atoms with Gasteiger partial charge in [0, 0.05) is 10.6 Å². The summed E-state index contributed by atoms with van der Waals surface area (Å²) in [5.74, 6) is -0.826. The molecule has 1 aromatic carbocycles. The molecule has 0 fully saturated rings. The fraction of sp³-hybridized carbons (Fsp3) is 0.222. The number of rotatable bonds is 6. The Balaban J connectivity index is 2.16. The maximum atomic E-state index is 12.2. The van der Waals surface area contributed by atoms with Gasteiger partial charge in [-0.1, -0.05) is 29.3 Å². The number of thiophene rings is 1. The molecule has 0 aliphatic rings. The number of esters is 1. The van der Waals surface area contributed by atoms with E-state index in [0.717, 1.165) is 11.3 Å². The number of carbonyl (C=O) groups excluding carboxylic acids is 3. The summed E-state index contributed by atoms with van der Waals surface area (Å²) in [5.41, 5.74) is 3.45. The molecule has 0 saturated carbocycles. The fourth-order valence-corrected chi connectivity index (χ4v) is 3.83. The van der Waals surface area contributed by atoms with Crippen LogP contribution in [-0.4, -0.2) is 30.6 Å². The average molecular weight is 442 g/mol. The van der Waals surface area contributed by atoms with E-state index in [4.69, 9.17) is 27.9 Å². The molecule has 148 valence electrons. The Labute approximate surface area is 175 Å². The van der Waals surface area contributed by atoms with Crippen LogP contribution in [0.4, 0.5) is 9.80 Å². The lowest BCUT2D eigenvalue weighted by Crippen LogP contribution is -2.24. The number of nitrogens with one attached hydrogen (secondary N) is 2. The Kier molecular flexibility index (Phi) is 7.56. The van der Waals surface area contributed by atoms with Crippen molar-refractivity contribution in [2.45, 2.75) is 20.8 Å². The van der Waals surface area contributed by atoms with E-state index >= 15 is 0 Å². The molecule has 0 bridgehead atoms. The van der Waals surface area contributed by atoms with Gasteiger partial charge in [-0.15, -0.1) is 11.3 Å². The molecule has 10 heteroatoms. The standard InChI is InChI=1S/C18H17Cl2N3O4S/c1-4-27-17(25)14-9(2)15(10(3)24)28-16(14)22-18(26)23-21-8-11-5-6-12(19)7-13(11)20/h5-8H,4H2,1-3H3,(H2,22,23,26). The molecular weight excluding hydrogens is 425 g/mol. The number of carbonyl (C=O) groups is 3. The number of nitrogens with zero attached hydrogens (tertiary/aromatic N) is 1. The number of hydrogen-bond donors (Lipinski definition) is 2. The van der Waals surface area contributed by atoms with Crippen LogP contribution in [0.2, 0.25) is 10.0 Å². The van der Waals surface area contributed by atoms with Gasteiger partial charge in [-0.2, -0.15) is 5.10 Å². The van der Waals surface area contributed by atoms with Gasteiger partial charge in [-0.3, -0.25) is 10.1 Å². The van der Waals surface area contributed by atoms with Gasteiger partial charge in [0.25, 0.3) is 0 Å². The monoisotopic (exact) mass is 441 g/mol. The van der Waals surface area contributed by atoms with Gasteiger partial charge >= 0.3 is 12.0 Å². The third kappa shape index (κ3) is 5.31. The van der Waals surface area contributed by atoms with E-state index in [2.05, 4.69) is 15.8 Å². The second-order valence-electron chi connectivity index (χ2n) is 5.53. The van der Waals surface area contributed by atoms with E-state index in [-0.39, 0.29) is 23.0 Å². The van der Waals surface area contributed by atoms with E-state index in [1.165, 1.54) is 13.1 Å². The topological polar surface area (TPSA) is 96.9 Å². The van der Waals surface area contributed by atoms with Crippen LogP contribution in [0.5, 0.6) is 0 Å². The number of hydrazone groups is 1. The van der Waals surface area contributed by atoms with Crippen LogP contribution in [-0.2, 0) is 4.74 Å². The van der Waals surface area contributed by atoms with Crippen molar-refractivity contribution in [3.63, 3.8) is 0 Å². The van der Waals surface area contributed by atoms with Crippen molar-refractivity contribution in [1.29, 1.82) is 0 Å². The van der Waals surface area contributed by atoms with Crippen molar-refractivity contribution in [2.75, 3.05) is 11.9 Å². The summed E-state index contributed by atoms with van der Waals surface area (Å²) in [5, 5.41) is 7.40. The van der Waals surface area contributed by atoms with Crippen molar-refractivity contribution in [3.8, 4) is 0 Å². The summed E-state index contributed by atoms with van der Waals surface area (Å²) in [6, 6.07) is 4.14. The molecule has 1 heterocycles. The zero-order chi connectivity index (χ0) is 20.8. The van der Waals surface area contributed by atoms with Gasteiger partial charge < -0.3 is 4.74 Å². The summed E-state index contributed by atoms with van der Waals surface area (Å²) >= 11 is 12.8. The number of halogens is 2. The number of benzene rings is 1. The second-order valence-corrected chi connectivity index (χ2v) is 7.39. The van der Waals surface area contributed by atoms with E-state index in [1.54, 1.807) is 32.0 Å². The molecule has 28 heavy (non-hydrogen) atoms. The maximum Gasteiger partial charge on any atom is 0.341 e. The van der Waals surface area contributed by atoms with Crippen LogP contribution >= 0.6 is 34.5 Å². The minimum Gasteiger partial charge on any atom is -0.462 e. The number of amides is 2. The Hall–Kier alpha value is -2.42. The highest BCUT2D eigenvalue weighted by atomic mass is 35.5. The normalized spacial score (nSPS) is 10.8. The molecule has 7 nitrogen and oxygen atoms in total. The van der Waals surface area contributed by atoms with Crippen LogP contribution in [0, 0.1) is 6.92 Å². The van der Waals surface area contributed by atoms with Crippen molar-refractivity contribution < 1.29 is 19.1 Å². The zero-order valence-corrected chi connectivity index (χ0v) is 17.6. The predicted molar refractivity (Wildman–Crippen MR) is 111 cm³/mol. The lowest BCUT2D eigenvalue weighted by atomic mass is 10.1. The van der Waals surface area contributed by atoms with Crippen LogP contribution in [0.3, 0.4) is 0 Å². The number of anilines is 1. The molecule has 0 spiro atoms. The Morgan fingerprint density at radius 1 is 1.29 bits per heavy atom. The summed E-state index contributed by atoms with van der Waals surface area (Å²) in [7, 11) is 0. The molecule has 2 aromatic rings. The molecule has 0 radical (unpaired) electrons. The molecule has 0 atom stereocenters. The van der Waals surface area contributed by atoms with Crippen molar-refractivity contribution >= 4 is 63.5 Å². The van der Waals surface area contributed by atoms with E-state index < -0.39 is 12.0 Å². The van der Waals surface area contributed by atoms with Crippen molar-refractivity contribution in [1.82, 2.24) is 5.43 Å². The van der Waals surface area contributed by atoms with Crippen LogP contribution in [0.15, 0.2) is 23.3 Å². The lowest BCUT2D eigenvalue weighted by molar-refractivity contribution is 0.0527. The SMILES string of the molecule is CCOC(=O)c1c(NC(=O)NN=Cc2ccc(Cl)cc2Cl)sc(C(C)=O)c1C. The Bertz CT molecular complexity index is 957. The Morgan fingerprint density at radius 3 is 2.61 bits per heavy atom. The highest BCUT2D eigenvalue weighted by Crippen LogP contribution is 2.34. The number of hydrogen-bond acceptors (Lipinski definition) is 6. The van der Waals surface area contributed by atoms with Gasteiger partial charge in [-0.05, 0) is 38.5 Å². The first-order chi connectivity index (χ1) is 13.2. The molecule has 2 N–H and O–H groups in total. The highest BCUT2D eigenvalue weighted by molar-refractivity contribution is 7.18. The molecule has 0 unspecified atom stereocenters. The number of ketones is 1. The fourth-order valence-electron chi connectivity index (χ4n) is 2.28. The molecule has 1 aromatic heterocycles. The highest BCUT2D eigenvalue weighted by Gasteiger charge is 2.25. The largest absolute Gasteiger partial charge is 0.462 e. The smallest absolute Gasteiger partial charge is 0.341 e. The van der Waals surface area contributed by atoms with E-state index in [0.29, 0.717) is 26.0 Å². The first kappa shape index (κ1) is 21.9. The van der Waals surface area contributed by atoms with Gasteiger partial charge in [0.1, 0.15) is 5.00 Å². The number of urea groups is 1. The lowest BCUT2D eigenvalue weighted by Gasteiger charge is -2.06. The first-order valence-corrected chi connectivity index (χ1v) is 9.68. The van der Waals surface area contributed by atoms with E-state index in [1.807, 2.05) is 0 Å². The minimum atomic E-state index is -0.691. The molecular formula is C18H17Cl2N3O4S. The van der Waals surface area contributed by atoms with Crippen LogP contribution in [0.25, 0.3) is 0 Å². The molecule has 0 saturated heterocycles. The second kappa shape index (κ2) is 9.68. The summed E-state index contributed by atoms with van der Waals surface area (Å²) in [6.45, 7) is 4.85. The molecule has 2 amide bonds. The van der Waals surface area contributed by atoms with Gasteiger partial charge in [-0.25, -0.2) is 15.0 Å². The quantitative estimate of drug-likeness (QED) is 0.288. The maximum absolute atomic E-state index is 12.2. The van der Waals surface area contributed by atoms with E-state index in [9.17, 15) is 14.4 Å². The van der Waals surface area contributed by atoms with Crippen LogP contribution in [0.1, 0.15) is 45.0 Å². The average Bonchev–Trinajstić information content (AvgIpc) is 2.93. The van der Waals surface area contributed by atoms with Gasteiger partial charge in [0.2, 0.25) is 0 Å². The van der Waals surface area contributed by atoms with Gasteiger partial charge in [0.15, 0.2) is 5.78 Å². The third-order valence-electron chi connectivity index (χ3n) is 3.51. The number of Topliss-reactive ketones (excluding diaryl/α,β-unsaturated/α-hetero) is 1. The van der Waals surface area contributed by atoms with Crippen molar-refractivity contribution in [2.24, 2.45) is 5.10 Å². The predicted octanol–water partition coefficient (Wildman–Crippen LogP) is 4.90. The summed E-state index contributed by atoms with van der Waals surface area (Å²) in [6.07, 6.45) is 1.35.